The van der Waals surface area contributed by atoms with Gasteiger partial charge in [0.2, 0.25) is 5.91 Å². The van der Waals surface area contributed by atoms with Gasteiger partial charge in [-0.15, -0.1) is 0 Å². The Hall–Kier alpha value is -0.660. The van der Waals surface area contributed by atoms with E-state index in [2.05, 4.69) is 0 Å². The van der Waals surface area contributed by atoms with Gasteiger partial charge in [-0.1, -0.05) is 0 Å². The molecule has 0 aliphatic carbocycles. The minimum atomic E-state index is -3.26. The van der Waals surface area contributed by atoms with Crippen LogP contribution in [-0.2, 0) is 24.1 Å². The Bertz CT molecular complexity index is 439. The van der Waals surface area contributed by atoms with Gasteiger partial charge >= 0.3 is 0 Å². The summed E-state index contributed by atoms with van der Waals surface area (Å²) >= 11 is 0. The third kappa shape index (κ3) is 3.67. The minimum Gasteiger partial charge on any atom is -0.379 e. The molecule has 7 heteroatoms. The van der Waals surface area contributed by atoms with Crippen LogP contribution in [0.15, 0.2) is 0 Å². The number of ether oxygens (including phenoxy) is 2. The summed E-state index contributed by atoms with van der Waals surface area (Å²) in [6.07, 6.45) is 3.58. The number of carbonyl (C=O) groups excluding carboxylic acids is 1. The van der Waals surface area contributed by atoms with Gasteiger partial charge in [-0.3, -0.25) is 4.79 Å². The number of nitrogens with zero attached hydrogens (tertiary/aromatic N) is 1. The average molecular weight is 291 g/mol. The van der Waals surface area contributed by atoms with Crippen molar-refractivity contribution in [1.82, 2.24) is 4.90 Å². The highest BCUT2D eigenvalue weighted by Crippen LogP contribution is 2.36. The van der Waals surface area contributed by atoms with Crippen molar-refractivity contribution in [2.45, 2.75) is 31.0 Å². The van der Waals surface area contributed by atoms with Gasteiger partial charge in [0.1, 0.15) is 5.75 Å². The fraction of sp³-hybridized carbons (Fsp3) is 0.917. The highest BCUT2D eigenvalue weighted by molar-refractivity contribution is 7.91. The summed E-state index contributed by atoms with van der Waals surface area (Å²) in [6, 6.07) is 0. The number of amides is 1. The van der Waals surface area contributed by atoms with Crippen molar-refractivity contribution in [3.63, 3.8) is 0 Å². The number of methoxy groups -OCH3 is 1. The van der Waals surface area contributed by atoms with Crippen molar-refractivity contribution in [2.75, 3.05) is 38.8 Å². The summed E-state index contributed by atoms with van der Waals surface area (Å²) in [4.78, 5) is 13.4. The van der Waals surface area contributed by atoms with Gasteiger partial charge in [0, 0.05) is 32.9 Å². The monoisotopic (exact) mass is 291 g/mol. The zero-order valence-corrected chi connectivity index (χ0v) is 12.2. The van der Waals surface area contributed by atoms with E-state index in [4.69, 9.17) is 9.47 Å². The smallest absolute Gasteiger partial charge is 0.237 e. The van der Waals surface area contributed by atoms with E-state index < -0.39 is 15.6 Å². The molecule has 2 aliphatic rings. The first-order valence-electron chi connectivity index (χ1n) is 6.46. The zero-order chi connectivity index (χ0) is 14.1. The second-order valence-corrected chi connectivity index (χ2v) is 7.65. The molecule has 0 aromatic rings. The molecule has 110 valence electrons. The van der Waals surface area contributed by atoms with Crippen molar-refractivity contribution in [2.24, 2.45) is 0 Å². The van der Waals surface area contributed by atoms with E-state index in [0.29, 0.717) is 19.7 Å². The van der Waals surface area contributed by atoms with Crippen LogP contribution in [0, 0.1) is 0 Å². The number of likely N-dealkylation sites (tertiary alicyclic amines) is 1. The van der Waals surface area contributed by atoms with Crippen LogP contribution in [0.1, 0.15) is 19.3 Å². The predicted molar refractivity (Wildman–Crippen MR) is 69.6 cm³/mol. The molecule has 0 bridgehead atoms. The third-order valence-electron chi connectivity index (χ3n) is 3.92. The van der Waals surface area contributed by atoms with Gasteiger partial charge in [-0.2, -0.15) is 0 Å². The Morgan fingerprint density at radius 3 is 2.53 bits per heavy atom. The third-order valence-corrected chi connectivity index (χ3v) is 4.69. The summed E-state index contributed by atoms with van der Waals surface area (Å²) in [5, 5.41) is 0. The molecule has 0 saturated carbocycles. The minimum absolute atomic E-state index is 0.137. The average Bonchev–Trinajstić information content (AvgIpc) is 2.71. The highest BCUT2D eigenvalue weighted by atomic mass is 32.2. The molecule has 0 aromatic heterocycles. The normalized spacial score (nSPS) is 26.8. The number of piperidine rings is 1. The molecule has 2 heterocycles. The van der Waals surface area contributed by atoms with Crippen molar-refractivity contribution in [3.8, 4) is 0 Å². The van der Waals surface area contributed by atoms with Crippen LogP contribution in [0.3, 0.4) is 0 Å². The van der Waals surface area contributed by atoms with Crippen LogP contribution >= 0.6 is 0 Å². The summed E-state index contributed by atoms with van der Waals surface area (Å²) < 4.78 is 33.4. The summed E-state index contributed by atoms with van der Waals surface area (Å²) in [7, 11) is -1.58. The van der Waals surface area contributed by atoms with Gasteiger partial charge in [0.25, 0.3) is 0 Å². The molecule has 1 amide bonds. The van der Waals surface area contributed by atoms with Crippen LogP contribution in [0.25, 0.3) is 0 Å². The van der Waals surface area contributed by atoms with Crippen molar-refractivity contribution in [3.05, 3.63) is 0 Å². The molecular formula is C12H21NO5S. The number of carbonyl (C=O) groups is 1. The van der Waals surface area contributed by atoms with E-state index in [1.54, 1.807) is 12.0 Å². The van der Waals surface area contributed by atoms with Crippen LogP contribution in [0.4, 0.5) is 0 Å². The Morgan fingerprint density at radius 2 is 2.05 bits per heavy atom. The van der Waals surface area contributed by atoms with E-state index in [0.717, 1.165) is 25.5 Å². The zero-order valence-electron chi connectivity index (χ0n) is 11.4. The molecule has 1 unspecified atom stereocenters. The van der Waals surface area contributed by atoms with Crippen molar-refractivity contribution < 1.29 is 22.7 Å². The molecule has 19 heavy (non-hydrogen) atoms. The van der Waals surface area contributed by atoms with Gasteiger partial charge in [-0.25, -0.2) is 8.42 Å². The number of rotatable bonds is 3. The van der Waals surface area contributed by atoms with Crippen LogP contribution < -0.4 is 0 Å². The molecule has 2 aliphatic heterocycles. The maximum Gasteiger partial charge on any atom is 0.237 e. The molecule has 0 aromatic carbocycles. The lowest BCUT2D eigenvalue weighted by atomic mass is 9.88. The Labute approximate surface area is 114 Å². The highest BCUT2D eigenvalue weighted by Gasteiger charge is 2.43. The van der Waals surface area contributed by atoms with E-state index in [1.165, 1.54) is 0 Å². The predicted octanol–water partition coefficient (Wildman–Crippen LogP) is -0.172. The lowest BCUT2D eigenvalue weighted by Gasteiger charge is -2.38. The first kappa shape index (κ1) is 14.7. The summed E-state index contributed by atoms with van der Waals surface area (Å²) in [6.45, 7) is 1.73. The van der Waals surface area contributed by atoms with E-state index in [1.807, 2.05) is 0 Å². The number of sulfone groups is 1. The van der Waals surface area contributed by atoms with Crippen molar-refractivity contribution >= 4 is 15.7 Å². The maximum atomic E-state index is 11.8. The van der Waals surface area contributed by atoms with Gasteiger partial charge in [0.05, 0.1) is 18.3 Å². The molecule has 2 rings (SSSR count). The van der Waals surface area contributed by atoms with Gasteiger partial charge in [-0.05, 0) is 12.8 Å². The quantitative estimate of drug-likeness (QED) is 0.722. The maximum absolute atomic E-state index is 11.8. The standard InChI is InChI=1S/C12H21NO5S/c1-17-10-7-12(18-8-10)3-5-13(6-4-12)11(14)9-19(2,15)16/h10H,3-9H2,1-2H3. The van der Waals surface area contributed by atoms with Gasteiger partial charge in [0.15, 0.2) is 9.84 Å². The van der Waals surface area contributed by atoms with Crippen molar-refractivity contribution in [1.29, 1.82) is 0 Å². The molecule has 2 saturated heterocycles. The largest absolute Gasteiger partial charge is 0.379 e. The fourth-order valence-electron chi connectivity index (χ4n) is 2.78. The Balaban J connectivity index is 1.88. The molecule has 1 atom stereocenters. The molecule has 0 radical (unpaired) electrons. The van der Waals surface area contributed by atoms with Crippen LogP contribution in [0.2, 0.25) is 0 Å². The molecule has 2 fully saturated rings. The van der Waals surface area contributed by atoms with E-state index in [9.17, 15) is 13.2 Å². The van der Waals surface area contributed by atoms with E-state index in [-0.39, 0.29) is 17.6 Å². The topological polar surface area (TPSA) is 72.9 Å². The Morgan fingerprint density at radius 1 is 1.42 bits per heavy atom. The summed E-state index contributed by atoms with van der Waals surface area (Å²) in [5.74, 6) is -0.708. The molecule has 0 N–H and O–H groups in total. The second-order valence-electron chi connectivity index (χ2n) is 5.51. The van der Waals surface area contributed by atoms with Crippen LogP contribution in [0.5, 0.6) is 0 Å². The lowest BCUT2D eigenvalue weighted by molar-refractivity contribution is -0.133. The summed E-state index contributed by atoms with van der Waals surface area (Å²) in [5.41, 5.74) is -0.178. The van der Waals surface area contributed by atoms with Crippen LogP contribution in [-0.4, -0.2) is 69.7 Å². The molecule has 1 spiro atoms. The number of hydrogen-bond acceptors (Lipinski definition) is 5. The second kappa shape index (κ2) is 5.38. The lowest BCUT2D eigenvalue weighted by Crippen LogP contribution is -2.48. The SMILES string of the molecule is COC1COC2(CCN(C(=O)CS(C)(=O)=O)CC2)C1. The fourth-order valence-corrected chi connectivity index (χ4v) is 3.41. The Kier molecular flexibility index (Phi) is 4.17. The van der Waals surface area contributed by atoms with Gasteiger partial charge < -0.3 is 14.4 Å². The number of hydrogen-bond donors (Lipinski definition) is 0. The van der Waals surface area contributed by atoms with E-state index >= 15 is 0 Å². The molecule has 6 nitrogen and oxygen atoms in total. The first-order valence-corrected chi connectivity index (χ1v) is 8.52. The molecular weight excluding hydrogens is 270 g/mol. The first-order chi connectivity index (χ1) is 8.84.